The average molecular weight is 355 g/mol. The van der Waals surface area contributed by atoms with Crippen molar-refractivity contribution in [3.05, 3.63) is 22.2 Å². The minimum atomic E-state index is -0.274. The monoisotopic (exact) mass is 354 g/mol. The number of hydrogen-bond acceptors (Lipinski definition) is 3. The van der Waals surface area contributed by atoms with Gasteiger partial charge in [-0.15, -0.1) is 0 Å². The summed E-state index contributed by atoms with van der Waals surface area (Å²) in [4.78, 5) is 12.1. The topological polar surface area (TPSA) is 50.4 Å². The fourth-order valence-electron chi connectivity index (χ4n) is 2.20. The fraction of sp³-hybridized carbons (Fsp3) is 0.562. The van der Waals surface area contributed by atoms with Crippen molar-refractivity contribution in [2.45, 2.75) is 52.2 Å². The number of ether oxygens (including phenoxy) is 1. The number of carbonyl (C=O) groups excluding carboxylic acids is 1. The Balaban J connectivity index is 2.28. The van der Waals surface area contributed by atoms with Crippen molar-refractivity contribution in [1.29, 1.82) is 0 Å². The molecule has 1 amide bonds. The van der Waals surface area contributed by atoms with Crippen LogP contribution in [-0.4, -0.2) is 18.1 Å². The summed E-state index contributed by atoms with van der Waals surface area (Å²) < 4.78 is 6.92. The van der Waals surface area contributed by atoms with Crippen molar-refractivity contribution in [2.24, 2.45) is 0 Å². The van der Waals surface area contributed by atoms with Crippen LogP contribution in [0.15, 0.2) is 16.6 Å². The van der Waals surface area contributed by atoms with E-state index < -0.39 is 0 Å². The molecule has 0 saturated heterocycles. The summed E-state index contributed by atoms with van der Waals surface area (Å²) in [5, 5.41) is 6.20. The van der Waals surface area contributed by atoms with Gasteiger partial charge in [0.2, 0.25) is 5.91 Å². The largest absolute Gasteiger partial charge is 0.487 e. The number of fused-ring (bicyclic) bond motifs is 1. The highest BCUT2D eigenvalue weighted by Gasteiger charge is 2.31. The van der Waals surface area contributed by atoms with E-state index >= 15 is 0 Å². The molecular weight excluding hydrogens is 332 g/mol. The van der Waals surface area contributed by atoms with Crippen LogP contribution < -0.4 is 15.4 Å². The van der Waals surface area contributed by atoms with Gasteiger partial charge in [0.25, 0.3) is 0 Å². The van der Waals surface area contributed by atoms with E-state index in [1.165, 1.54) is 0 Å². The minimum Gasteiger partial charge on any atom is -0.487 e. The van der Waals surface area contributed by atoms with E-state index in [9.17, 15) is 4.79 Å². The highest BCUT2D eigenvalue weighted by molar-refractivity contribution is 9.10. The van der Waals surface area contributed by atoms with Gasteiger partial charge in [0.1, 0.15) is 17.4 Å². The third kappa shape index (κ3) is 3.58. The van der Waals surface area contributed by atoms with E-state index in [0.29, 0.717) is 0 Å². The second-order valence-electron chi connectivity index (χ2n) is 5.96. The summed E-state index contributed by atoms with van der Waals surface area (Å²) in [6, 6.07) is 3.61. The van der Waals surface area contributed by atoms with Crippen molar-refractivity contribution >= 4 is 27.5 Å². The van der Waals surface area contributed by atoms with Crippen LogP contribution in [0.3, 0.4) is 0 Å². The minimum absolute atomic E-state index is 0.00254. The second kappa shape index (κ2) is 6.36. The molecule has 0 fully saturated rings. The first-order valence-electron chi connectivity index (χ1n) is 7.44. The molecule has 1 aliphatic rings. The van der Waals surface area contributed by atoms with Crippen molar-refractivity contribution in [3.8, 4) is 5.75 Å². The molecule has 4 nitrogen and oxygen atoms in total. The molecule has 21 heavy (non-hydrogen) atoms. The molecule has 2 N–H and O–H groups in total. The molecule has 1 aromatic rings. The lowest BCUT2D eigenvalue weighted by molar-refractivity contribution is -0.117. The zero-order valence-electron chi connectivity index (χ0n) is 13.0. The molecule has 2 rings (SSSR count). The first kappa shape index (κ1) is 16.3. The lowest BCUT2D eigenvalue weighted by Crippen LogP contribution is -2.28. The molecule has 116 valence electrons. The van der Waals surface area contributed by atoms with Crippen LogP contribution in [-0.2, 0) is 4.79 Å². The zero-order chi connectivity index (χ0) is 15.6. The molecule has 0 aliphatic carbocycles. The molecule has 1 unspecified atom stereocenters. The summed E-state index contributed by atoms with van der Waals surface area (Å²) >= 11 is 3.56. The SMILES string of the molecule is CCCNC1C(=O)Nc2cc(OC(C)(C)CC)c(Br)cc21. The molecule has 0 aromatic heterocycles. The maximum absolute atomic E-state index is 12.1. The van der Waals surface area contributed by atoms with E-state index in [1.807, 2.05) is 12.1 Å². The summed E-state index contributed by atoms with van der Waals surface area (Å²) in [6.07, 6.45) is 1.90. The fourth-order valence-corrected chi connectivity index (χ4v) is 2.64. The predicted octanol–water partition coefficient (Wildman–Crippen LogP) is 4.01. The number of anilines is 1. The number of carbonyl (C=O) groups is 1. The van der Waals surface area contributed by atoms with E-state index in [2.05, 4.69) is 54.3 Å². The number of hydrogen-bond donors (Lipinski definition) is 2. The van der Waals surface area contributed by atoms with Gasteiger partial charge in [-0.25, -0.2) is 0 Å². The van der Waals surface area contributed by atoms with Gasteiger partial charge in [0.05, 0.1) is 4.47 Å². The highest BCUT2D eigenvalue weighted by atomic mass is 79.9. The van der Waals surface area contributed by atoms with Crippen LogP contribution >= 0.6 is 15.9 Å². The van der Waals surface area contributed by atoms with Crippen LogP contribution in [0.2, 0.25) is 0 Å². The maximum atomic E-state index is 12.1. The lowest BCUT2D eigenvalue weighted by atomic mass is 10.1. The number of amides is 1. The van der Waals surface area contributed by atoms with Crippen LogP contribution in [0.4, 0.5) is 5.69 Å². The van der Waals surface area contributed by atoms with Gasteiger partial charge in [-0.2, -0.15) is 0 Å². The molecule has 1 atom stereocenters. The quantitative estimate of drug-likeness (QED) is 0.811. The van der Waals surface area contributed by atoms with Crippen LogP contribution in [0, 0.1) is 0 Å². The Bertz CT molecular complexity index is 543. The number of nitrogens with one attached hydrogen (secondary N) is 2. The summed E-state index contributed by atoms with van der Waals surface area (Å²) in [5.74, 6) is 0.759. The third-order valence-electron chi connectivity index (χ3n) is 3.77. The molecule has 0 bridgehead atoms. The Labute approximate surface area is 134 Å². The molecule has 5 heteroatoms. The van der Waals surface area contributed by atoms with E-state index in [0.717, 1.165) is 40.9 Å². The Hall–Kier alpha value is -1.07. The number of rotatable bonds is 6. The number of benzene rings is 1. The first-order valence-corrected chi connectivity index (χ1v) is 8.24. The smallest absolute Gasteiger partial charge is 0.246 e. The summed E-state index contributed by atoms with van der Waals surface area (Å²) in [6.45, 7) is 9.10. The summed E-state index contributed by atoms with van der Waals surface area (Å²) in [7, 11) is 0. The van der Waals surface area contributed by atoms with Gasteiger partial charge in [0, 0.05) is 17.3 Å². The Kier molecular flexibility index (Phi) is 4.94. The molecule has 1 heterocycles. The highest BCUT2D eigenvalue weighted by Crippen LogP contribution is 2.40. The Morgan fingerprint density at radius 2 is 2.10 bits per heavy atom. The second-order valence-corrected chi connectivity index (χ2v) is 6.82. The van der Waals surface area contributed by atoms with Crippen LogP contribution in [0.5, 0.6) is 5.75 Å². The predicted molar refractivity (Wildman–Crippen MR) is 88.8 cm³/mol. The van der Waals surface area contributed by atoms with Crippen molar-refractivity contribution in [3.63, 3.8) is 0 Å². The average Bonchev–Trinajstić information content (AvgIpc) is 2.72. The zero-order valence-corrected chi connectivity index (χ0v) is 14.6. The summed E-state index contributed by atoms with van der Waals surface area (Å²) in [5.41, 5.74) is 1.57. The molecule has 1 aromatic carbocycles. The van der Waals surface area contributed by atoms with Crippen molar-refractivity contribution < 1.29 is 9.53 Å². The van der Waals surface area contributed by atoms with Crippen LogP contribution in [0.1, 0.15) is 52.1 Å². The molecular formula is C16H23BrN2O2. The Morgan fingerprint density at radius 1 is 1.38 bits per heavy atom. The molecule has 0 spiro atoms. The third-order valence-corrected chi connectivity index (χ3v) is 4.39. The van der Waals surface area contributed by atoms with Gasteiger partial charge < -0.3 is 15.4 Å². The van der Waals surface area contributed by atoms with E-state index in [1.54, 1.807) is 0 Å². The van der Waals surface area contributed by atoms with Gasteiger partial charge >= 0.3 is 0 Å². The maximum Gasteiger partial charge on any atom is 0.246 e. The van der Waals surface area contributed by atoms with Gasteiger partial charge in [0.15, 0.2) is 0 Å². The normalized spacial score (nSPS) is 17.6. The molecule has 0 radical (unpaired) electrons. The Morgan fingerprint density at radius 3 is 2.71 bits per heavy atom. The first-order chi connectivity index (χ1) is 9.88. The van der Waals surface area contributed by atoms with Gasteiger partial charge in [-0.1, -0.05) is 13.8 Å². The van der Waals surface area contributed by atoms with Gasteiger partial charge in [-0.3, -0.25) is 4.79 Å². The van der Waals surface area contributed by atoms with Gasteiger partial charge in [-0.05, 0) is 55.2 Å². The number of halogens is 1. The van der Waals surface area contributed by atoms with Crippen molar-refractivity contribution in [1.82, 2.24) is 5.32 Å². The van der Waals surface area contributed by atoms with Crippen LogP contribution in [0.25, 0.3) is 0 Å². The lowest BCUT2D eigenvalue weighted by Gasteiger charge is -2.26. The van der Waals surface area contributed by atoms with Crippen molar-refractivity contribution in [2.75, 3.05) is 11.9 Å². The standard InChI is InChI=1S/C16H23BrN2O2/c1-5-7-18-14-10-8-11(17)13(21-16(3,4)6-2)9-12(10)19-15(14)20/h8-9,14,18H,5-7H2,1-4H3,(H,19,20). The molecule has 1 aliphatic heterocycles. The van der Waals surface area contributed by atoms with E-state index in [-0.39, 0.29) is 17.6 Å². The van der Waals surface area contributed by atoms with E-state index in [4.69, 9.17) is 4.74 Å². The molecule has 0 saturated carbocycles.